The minimum atomic E-state index is -0.858. The first-order valence-electron chi connectivity index (χ1n) is 3.90. The lowest BCUT2D eigenvalue weighted by Gasteiger charge is -1.95. The minimum Gasteiger partial charge on any atom is -0.478 e. The van der Waals surface area contributed by atoms with Gasteiger partial charge in [-0.05, 0) is 6.92 Å². The van der Waals surface area contributed by atoms with Crippen LogP contribution in [0.25, 0.3) is 0 Å². The predicted molar refractivity (Wildman–Crippen MR) is 44.9 cm³/mol. The second-order valence-electron chi connectivity index (χ2n) is 2.68. The van der Waals surface area contributed by atoms with E-state index in [-0.39, 0.29) is 6.10 Å². The van der Waals surface area contributed by atoms with Gasteiger partial charge in [0.25, 0.3) is 0 Å². The first-order chi connectivity index (χ1) is 5.74. The van der Waals surface area contributed by atoms with Gasteiger partial charge in [0, 0.05) is 12.0 Å². The molecule has 1 aliphatic heterocycles. The maximum atomic E-state index is 10.6. The van der Waals surface area contributed by atoms with E-state index in [0.717, 1.165) is 0 Å². The summed E-state index contributed by atoms with van der Waals surface area (Å²) < 4.78 is 4.94. The summed E-state index contributed by atoms with van der Waals surface area (Å²) in [6, 6.07) is 0. The van der Waals surface area contributed by atoms with Crippen LogP contribution in [0.4, 0.5) is 0 Å². The molecule has 66 valence electrons. The van der Waals surface area contributed by atoms with Crippen molar-refractivity contribution in [1.29, 1.82) is 0 Å². The fraction of sp³-hybridized carbons (Fsp3) is 0.444. The van der Waals surface area contributed by atoms with Crippen molar-refractivity contribution in [2.45, 2.75) is 19.4 Å². The molecular weight excluding hydrogens is 156 g/mol. The van der Waals surface area contributed by atoms with Crippen molar-refractivity contribution in [3.63, 3.8) is 0 Å². The monoisotopic (exact) mass is 168 g/mol. The number of allylic oxidation sites excluding steroid dienone is 3. The Kier molecular flexibility index (Phi) is 3.05. The van der Waals surface area contributed by atoms with Crippen molar-refractivity contribution >= 4 is 5.97 Å². The summed E-state index contributed by atoms with van der Waals surface area (Å²) >= 11 is 0. The second-order valence-corrected chi connectivity index (χ2v) is 2.68. The highest BCUT2D eigenvalue weighted by atomic mass is 16.6. The molecule has 1 unspecified atom stereocenters. The number of rotatable bonds is 4. The summed E-state index contributed by atoms with van der Waals surface area (Å²) in [6.45, 7) is 2.55. The molecule has 1 aliphatic rings. The number of carboxylic acid groups (broad SMARTS) is 1. The van der Waals surface area contributed by atoms with Crippen molar-refractivity contribution in [1.82, 2.24) is 0 Å². The van der Waals surface area contributed by atoms with E-state index in [1.807, 2.05) is 6.92 Å². The molecule has 0 aromatic carbocycles. The Morgan fingerprint density at radius 3 is 2.83 bits per heavy atom. The van der Waals surface area contributed by atoms with E-state index >= 15 is 0 Å². The average molecular weight is 168 g/mol. The maximum absolute atomic E-state index is 10.6. The molecule has 0 spiro atoms. The van der Waals surface area contributed by atoms with E-state index < -0.39 is 5.97 Å². The molecule has 0 aromatic heterocycles. The van der Waals surface area contributed by atoms with Crippen LogP contribution in [0, 0.1) is 0 Å². The minimum absolute atomic E-state index is 0.137. The van der Waals surface area contributed by atoms with Crippen molar-refractivity contribution in [2.24, 2.45) is 0 Å². The number of ether oxygens (including phenoxy) is 1. The molecule has 3 nitrogen and oxygen atoms in total. The molecule has 1 atom stereocenters. The van der Waals surface area contributed by atoms with Crippen LogP contribution < -0.4 is 0 Å². The highest BCUT2D eigenvalue weighted by Crippen LogP contribution is 2.19. The molecule has 1 rings (SSSR count). The highest BCUT2D eigenvalue weighted by Gasteiger charge is 2.25. The predicted octanol–water partition coefficient (Wildman–Crippen LogP) is 1.36. The zero-order valence-electron chi connectivity index (χ0n) is 6.99. The normalized spacial score (nSPS) is 23.1. The molecule has 0 bridgehead atoms. The SMILES string of the molecule is C/C=C/C=C(\CC1CO1)C(=O)O. The van der Waals surface area contributed by atoms with Gasteiger partial charge in [-0.15, -0.1) is 0 Å². The Morgan fingerprint density at radius 2 is 2.42 bits per heavy atom. The largest absolute Gasteiger partial charge is 0.478 e. The number of carbonyl (C=O) groups is 1. The Hall–Kier alpha value is -1.09. The van der Waals surface area contributed by atoms with Gasteiger partial charge < -0.3 is 9.84 Å². The zero-order valence-corrected chi connectivity index (χ0v) is 6.99. The summed E-state index contributed by atoms with van der Waals surface area (Å²) in [7, 11) is 0. The van der Waals surface area contributed by atoms with Crippen LogP contribution in [0.5, 0.6) is 0 Å². The molecule has 0 aliphatic carbocycles. The summed E-state index contributed by atoms with van der Waals surface area (Å²) in [5.41, 5.74) is 0.413. The van der Waals surface area contributed by atoms with Crippen LogP contribution in [0.3, 0.4) is 0 Å². The van der Waals surface area contributed by atoms with Gasteiger partial charge in [-0.25, -0.2) is 4.79 Å². The molecule has 0 amide bonds. The van der Waals surface area contributed by atoms with E-state index in [9.17, 15) is 4.79 Å². The summed E-state index contributed by atoms with van der Waals surface area (Å²) in [5, 5.41) is 8.72. The van der Waals surface area contributed by atoms with Crippen LogP contribution in [0.2, 0.25) is 0 Å². The van der Waals surface area contributed by atoms with E-state index in [0.29, 0.717) is 18.6 Å². The van der Waals surface area contributed by atoms with Crippen molar-refractivity contribution in [2.75, 3.05) is 6.61 Å². The average Bonchev–Trinajstić information content (AvgIpc) is 2.80. The molecule has 3 heteroatoms. The number of hydrogen-bond donors (Lipinski definition) is 1. The summed E-state index contributed by atoms with van der Waals surface area (Å²) in [4.78, 5) is 10.6. The number of carboxylic acids is 1. The molecule has 1 N–H and O–H groups in total. The van der Waals surface area contributed by atoms with Crippen molar-refractivity contribution in [3.8, 4) is 0 Å². The van der Waals surface area contributed by atoms with Gasteiger partial charge in [0.2, 0.25) is 0 Å². The zero-order chi connectivity index (χ0) is 8.97. The van der Waals surface area contributed by atoms with E-state index in [1.54, 1.807) is 18.2 Å². The van der Waals surface area contributed by atoms with Gasteiger partial charge in [-0.3, -0.25) is 0 Å². The van der Waals surface area contributed by atoms with Gasteiger partial charge in [-0.2, -0.15) is 0 Å². The third-order valence-electron chi connectivity index (χ3n) is 1.61. The number of hydrogen-bond acceptors (Lipinski definition) is 2. The molecule has 12 heavy (non-hydrogen) atoms. The maximum Gasteiger partial charge on any atom is 0.331 e. The second kappa shape index (κ2) is 4.07. The fourth-order valence-electron chi connectivity index (χ4n) is 0.870. The summed E-state index contributed by atoms with van der Waals surface area (Å²) in [6.07, 6.45) is 5.80. The molecule has 1 saturated heterocycles. The van der Waals surface area contributed by atoms with E-state index in [1.165, 1.54) is 0 Å². The molecular formula is C9H12O3. The van der Waals surface area contributed by atoms with Crippen LogP contribution in [-0.2, 0) is 9.53 Å². The van der Waals surface area contributed by atoms with Gasteiger partial charge >= 0.3 is 5.97 Å². The first kappa shape index (κ1) is 9.00. The van der Waals surface area contributed by atoms with E-state index in [4.69, 9.17) is 9.84 Å². The van der Waals surface area contributed by atoms with E-state index in [2.05, 4.69) is 0 Å². The molecule has 0 saturated carbocycles. The highest BCUT2D eigenvalue weighted by molar-refractivity contribution is 5.87. The number of aliphatic carboxylic acids is 1. The third kappa shape index (κ3) is 2.88. The Bertz CT molecular complexity index is 224. The Morgan fingerprint density at radius 1 is 1.75 bits per heavy atom. The standard InChI is InChI=1S/C9H12O3/c1-2-3-4-7(9(10)11)5-8-6-12-8/h2-4,8H,5-6H2,1H3,(H,10,11)/b3-2+,7-4+. The third-order valence-corrected chi connectivity index (χ3v) is 1.61. The molecule has 0 radical (unpaired) electrons. The fourth-order valence-corrected chi connectivity index (χ4v) is 0.870. The lowest BCUT2D eigenvalue weighted by Crippen LogP contribution is -2.03. The lowest BCUT2D eigenvalue weighted by molar-refractivity contribution is -0.132. The van der Waals surface area contributed by atoms with Crippen molar-refractivity contribution in [3.05, 3.63) is 23.8 Å². The van der Waals surface area contributed by atoms with Gasteiger partial charge in [0.05, 0.1) is 12.7 Å². The molecule has 0 aromatic rings. The van der Waals surface area contributed by atoms with Crippen molar-refractivity contribution < 1.29 is 14.6 Å². The van der Waals surface area contributed by atoms with Crippen LogP contribution in [-0.4, -0.2) is 23.8 Å². The van der Waals surface area contributed by atoms with Gasteiger partial charge in [0.1, 0.15) is 0 Å². The van der Waals surface area contributed by atoms with Gasteiger partial charge in [0.15, 0.2) is 0 Å². The smallest absolute Gasteiger partial charge is 0.331 e. The lowest BCUT2D eigenvalue weighted by atomic mass is 10.1. The molecule has 1 heterocycles. The van der Waals surface area contributed by atoms with Crippen LogP contribution in [0.15, 0.2) is 23.8 Å². The number of epoxide rings is 1. The summed E-state index contributed by atoms with van der Waals surface area (Å²) in [5.74, 6) is -0.858. The topological polar surface area (TPSA) is 49.8 Å². The van der Waals surface area contributed by atoms with Gasteiger partial charge in [-0.1, -0.05) is 18.2 Å². The van der Waals surface area contributed by atoms with Crippen LogP contribution in [0.1, 0.15) is 13.3 Å². The quantitative estimate of drug-likeness (QED) is 0.391. The first-order valence-corrected chi connectivity index (χ1v) is 3.90. The Balaban J connectivity index is 2.52. The Labute approximate surface area is 71.3 Å². The van der Waals surface area contributed by atoms with Crippen LogP contribution >= 0.6 is 0 Å². The molecule has 1 fully saturated rings.